The molecule has 0 spiro atoms. The Hall–Kier alpha value is -0.650. The SMILES string of the molecule is CCCNC1CCCc2sc(N(C)CCCN(C)C)nc21. The van der Waals surface area contributed by atoms with Gasteiger partial charge in [-0.1, -0.05) is 6.92 Å². The van der Waals surface area contributed by atoms with Gasteiger partial charge in [0.1, 0.15) is 0 Å². The second-order valence-electron chi connectivity index (χ2n) is 6.28. The van der Waals surface area contributed by atoms with Crippen molar-refractivity contribution in [1.82, 2.24) is 15.2 Å². The first-order chi connectivity index (χ1) is 10.1. The Morgan fingerprint density at radius 3 is 2.81 bits per heavy atom. The topological polar surface area (TPSA) is 31.4 Å². The lowest BCUT2D eigenvalue weighted by Gasteiger charge is -2.22. The van der Waals surface area contributed by atoms with Crippen LogP contribution in [0.5, 0.6) is 0 Å². The second kappa shape index (κ2) is 8.11. The first-order valence-electron chi connectivity index (χ1n) is 8.20. The summed E-state index contributed by atoms with van der Waals surface area (Å²) in [4.78, 5) is 11.0. The van der Waals surface area contributed by atoms with Gasteiger partial charge in [0.2, 0.25) is 0 Å². The number of nitrogens with zero attached hydrogens (tertiary/aromatic N) is 3. The zero-order chi connectivity index (χ0) is 15.2. The zero-order valence-corrected chi connectivity index (χ0v) is 14.8. The molecule has 120 valence electrons. The minimum absolute atomic E-state index is 0.480. The lowest BCUT2D eigenvalue weighted by Crippen LogP contribution is -2.26. The maximum absolute atomic E-state index is 4.95. The Morgan fingerprint density at radius 1 is 1.29 bits per heavy atom. The summed E-state index contributed by atoms with van der Waals surface area (Å²) in [6.45, 7) is 5.53. The summed E-state index contributed by atoms with van der Waals surface area (Å²) in [6.07, 6.45) is 6.11. The van der Waals surface area contributed by atoms with Crippen molar-refractivity contribution in [2.75, 3.05) is 45.7 Å². The highest BCUT2D eigenvalue weighted by Crippen LogP contribution is 2.36. The molecule has 0 saturated carbocycles. The third kappa shape index (κ3) is 4.66. The van der Waals surface area contributed by atoms with E-state index < -0.39 is 0 Å². The summed E-state index contributed by atoms with van der Waals surface area (Å²) in [5, 5.41) is 4.85. The lowest BCUT2D eigenvalue weighted by atomic mass is 9.97. The number of aryl methyl sites for hydroxylation is 1. The highest BCUT2D eigenvalue weighted by atomic mass is 32.1. The molecule has 0 bridgehead atoms. The van der Waals surface area contributed by atoms with Crippen LogP contribution in [0.2, 0.25) is 0 Å². The lowest BCUT2D eigenvalue weighted by molar-refractivity contribution is 0.401. The van der Waals surface area contributed by atoms with E-state index in [-0.39, 0.29) is 0 Å². The van der Waals surface area contributed by atoms with E-state index in [1.54, 1.807) is 0 Å². The van der Waals surface area contributed by atoms with Crippen molar-refractivity contribution in [1.29, 1.82) is 0 Å². The molecule has 0 aromatic carbocycles. The van der Waals surface area contributed by atoms with Gasteiger partial charge in [-0.25, -0.2) is 4.98 Å². The maximum atomic E-state index is 4.95. The van der Waals surface area contributed by atoms with Crippen molar-refractivity contribution in [3.63, 3.8) is 0 Å². The highest BCUT2D eigenvalue weighted by Gasteiger charge is 2.25. The number of aromatic nitrogens is 1. The fourth-order valence-electron chi connectivity index (χ4n) is 2.81. The average molecular weight is 311 g/mol. The third-order valence-electron chi connectivity index (χ3n) is 4.01. The molecule has 1 unspecified atom stereocenters. The predicted molar refractivity (Wildman–Crippen MR) is 92.5 cm³/mol. The number of hydrogen-bond acceptors (Lipinski definition) is 5. The van der Waals surface area contributed by atoms with Gasteiger partial charge in [-0.05, 0) is 59.3 Å². The van der Waals surface area contributed by atoms with Crippen molar-refractivity contribution in [2.45, 2.75) is 45.1 Å². The molecule has 0 radical (unpaired) electrons. The fraction of sp³-hybridized carbons (Fsp3) is 0.812. The Labute approximate surface area is 133 Å². The van der Waals surface area contributed by atoms with Crippen molar-refractivity contribution in [2.24, 2.45) is 0 Å². The van der Waals surface area contributed by atoms with Crippen molar-refractivity contribution in [3.8, 4) is 0 Å². The van der Waals surface area contributed by atoms with Gasteiger partial charge in [0, 0.05) is 18.5 Å². The highest BCUT2D eigenvalue weighted by molar-refractivity contribution is 7.15. The van der Waals surface area contributed by atoms with Crippen molar-refractivity contribution < 1.29 is 0 Å². The van der Waals surface area contributed by atoms with Crippen molar-refractivity contribution >= 4 is 16.5 Å². The van der Waals surface area contributed by atoms with E-state index in [2.05, 4.69) is 43.2 Å². The first-order valence-corrected chi connectivity index (χ1v) is 9.02. The maximum Gasteiger partial charge on any atom is 0.185 e. The van der Waals surface area contributed by atoms with Gasteiger partial charge in [-0.2, -0.15) is 0 Å². The molecule has 1 heterocycles. The number of fused-ring (bicyclic) bond motifs is 1. The van der Waals surface area contributed by atoms with E-state index in [4.69, 9.17) is 4.98 Å². The molecule has 1 aliphatic carbocycles. The van der Waals surface area contributed by atoms with Gasteiger partial charge in [-0.3, -0.25) is 0 Å². The Kier molecular flexibility index (Phi) is 6.45. The van der Waals surface area contributed by atoms with E-state index in [1.165, 1.54) is 47.8 Å². The van der Waals surface area contributed by atoms with E-state index in [0.717, 1.165) is 19.6 Å². The van der Waals surface area contributed by atoms with Crippen LogP contribution in [0.1, 0.15) is 49.2 Å². The number of hydrogen-bond donors (Lipinski definition) is 1. The van der Waals surface area contributed by atoms with E-state index in [1.807, 2.05) is 11.3 Å². The molecule has 1 aliphatic rings. The molecule has 1 atom stereocenters. The van der Waals surface area contributed by atoms with Crippen LogP contribution in [0.25, 0.3) is 0 Å². The fourth-order valence-corrected chi connectivity index (χ4v) is 3.96. The van der Waals surface area contributed by atoms with Gasteiger partial charge in [0.25, 0.3) is 0 Å². The molecule has 0 amide bonds. The van der Waals surface area contributed by atoms with E-state index in [0.29, 0.717) is 6.04 Å². The summed E-state index contributed by atoms with van der Waals surface area (Å²) in [6, 6.07) is 0.480. The minimum Gasteiger partial charge on any atom is -0.351 e. The molecule has 2 rings (SSSR count). The Morgan fingerprint density at radius 2 is 2.10 bits per heavy atom. The molecular weight excluding hydrogens is 280 g/mol. The molecule has 0 fully saturated rings. The molecule has 0 aliphatic heterocycles. The van der Waals surface area contributed by atoms with Crippen LogP contribution in [-0.4, -0.2) is 50.7 Å². The average Bonchev–Trinajstić information content (AvgIpc) is 2.89. The van der Waals surface area contributed by atoms with Gasteiger partial charge < -0.3 is 15.1 Å². The van der Waals surface area contributed by atoms with Crippen LogP contribution in [0.3, 0.4) is 0 Å². The van der Waals surface area contributed by atoms with Crippen molar-refractivity contribution in [3.05, 3.63) is 10.6 Å². The molecule has 4 nitrogen and oxygen atoms in total. The van der Waals surface area contributed by atoms with E-state index in [9.17, 15) is 0 Å². The van der Waals surface area contributed by atoms with Gasteiger partial charge in [0.15, 0.2) is 5.13 Å². The summed E-state index contributed by atoms with van der Waals surface area (Å²) >= 11 is 1.90. The van der Waals surface area contributed by atoms with Gasteiger partial charge in [0.05, 0.1) is 11.7 Å². The second-order valence-corrected chi connectivity index (χ2v) is 7.34. The quantitative estimate of drug-likeness (QED) is 0.800. The predicted octanol–water partition coefficient (Wildman–Crippen LogP) is 2.91. The molecule has 21 heavy (non-hydrogen) atoms. The zero-order valence-electron chi connectivity index (χ0n) is 14.0. The number of anilines is 1. The Bertz CT molecular complexity index is 430. The van der Waals surface area contributed by atoms with E-state index >= 15 is 0 Å². The molecule has 0 saturated heterocycles. The van der Waals surface area contributed by atoms with Crippen LogP contribution < -0.4 is 10.2 Å². The van der Waals surface area contributed by atoms with Crippen LogP contribution in [0.15, 0.2) is 0 Å². The molecular formula is C16H30N4S. The normalized spacial score (nSPS) is 18.0. The molecule has 1 N–H and O–H groups in total. The first kappa shape index (κ1) is 16.7. The summed E-state index contributed by atoms with van der Waals surface area (Å²) in [7, 11) is 6.44. The third-order valence-corrected chi connectivity index (χ3v) is 5.25. The van der Waals surface area contributed by atoms with Crippen LogP contribution >= 0.6 is 11.3 Å². The van der Waals surface area contributed by atoms with Gasteiger partial charge in [-0.15, -0.1) is 11.3 Å². The summed E-state index contributed by atoms with van der Waals surface area (Å²) < 4.78 is 0. The van der Waals surface area contributed by atoms with Crippen LogP contribution in [0.4, 0.5) is 5.13 Å². The number of nitrogens with one attached hydrogen (secondary N) is 1. The summed E-state index contributed by atoms with van der Waals surface area (Å²) in [5.74, 6) is 0. The summed E-state index contributed by atoms with van der Waals surface area (Å²) in [5.41, 5.74) is 1.33. The monoisotopic (exact) mass is 310 g/mol. The van der Waals surface area contributed by atoms with Gasteiger partial charge >= 0.3 is 0 Å². The van der Waals surface area contributed by atoms with Crippen LogP contribution in [0, 0.1) is 0 Å². The number of thiazole rings is 1. The molecule has 1 aromatic heterocycles. The molecule has 1 aromatic rings. The smallest absolute Gasteiger partial charge is 0.185 e. The standard InChI is InChI=1S/C16H30N4S/c1-5-10-17-13-8-6-9-14-15(13)18-16(21-14)20(4)12-7-11-19(2)3/h13,17H,5-12H2,1-4H3. The Balaban J connectivity index is 1.97. The number of rotatable bonds is 8. The van der Waals surface area contributed by atoms with Crippen LogP contribution in [-0.2, 0) is 6.42 Å². The molecule has 5 heteroatoms. The minimum atomic E-state index is 0.480. The largest absolute Gasteiger partial charge is 0.351 e.